The molecule has 0 radical (unpaired) electrons. The molecule has 8 nitrogen and oxygen atoms in total. The predicted molar refractivity (Wildman–Crippen MR) is 97.0 cm³/mol. The van der Waals surface area contributed by atoms with Crippen LogP contribution in [0.5, 0.6) is 0 Å². The van der Waals surface area contributed by atoms with Crippen LogP contribution in [0.1, 0.15) is 5.01 Å². The predicted octanol–water partition coefficient (Wildman–Crippen LogP) is 3.16. The Kier molecular flexibility index (Phi) is 4.41. The number of nitro benzene ring substituents is 1. The summed E-state index contributed by atoms with van der Waals surface area (Å²) >= 11 is 1.52. The van der Waals surface area contributed by atoms with E-state index in [2.05, 4.69) is 15.0 Å². The van der Waals surface area contributed by atoms with Gasteiger partial charge >= 0.3 is 0 Å². The molecule has 0 unspecified atom stereocenters. The van der Waals surface area contributed by atoms with Crippen LogP contribution in [0.25, 0.3) is 10.2 Å². The fourth-order valence-corrected chi connectivity index (χ4v) is 3.94. The van der Waals surface area contributed by atoms with Crippen molar-refractivity contribution in [1.82, 2.24) is 9.71 Å². The zero-order chi connectivity index (χ0) is 18.2. The van der Waals surface area contributed by atoms with E-state index in [0.717, 1.165) is 21.3 Å². The minimum atomic E-state index is -3.76. The van der Waals surface area contributed by atoms with Crippen LogP contribution >= 0.6 is 11.3 Å². The van der Waals surface area contributed by atoms with Crippen LogP contribution in [0.15, 0.2) is 41.3 Å². The summed E-state index contributed by atoms with van der Waals surface area (Å²) < 4.78 is 26.8. The first kappa shape index (κ1) is 17.3. The highest BCUT2D eigenvalue weighted by atomic mass is 32.2. The van der Waals surface area contributed by atoms with Gasteiger partial charge in [0, 0.05) is 11.8 Å². The summed E-state index contributed by atoms with van der Waals surface area (Å²) in [5.74, 6) is 0. The van der Waals surface area contributed by atoms with E-state index in [1.54, 1.807) is 6.07 Å². The van der Waals surface area contributed by atoms with Crippen molar-refractivity contribution in [1.29, 1.82) is 0 Å². The Morgan fingerprint density at radius 3 is 2.64 bits per heavy atom. The van der Waals surface area contributed by atoms with Crippen molar-refractivity contribution >= 4 is 48.6 Å². The van der Waals surface area contributed by atoms with E-state index in [1.165, 1.54) is 30.5 Å². The number of nitro groups is 1. The molecule has 0 aliphatic heterocycles. The Morgan fingerprint density at radius 2 is 1.96 bits per heavy atom. The zero-order valence-corrected chi connectivity index (χ0v) is 14.9. The highest BCUT2D eigenvalue weighted by molar-refractivity contribution is 7.89. The Hall–Kier alpha value is -2.56. The van der Waals surface area contributed by atoms with Gasteiger partial charge in [-0.1, -0.05) is 0 Å². The fraction of sp³-hybridized carbons (Fsp3) is 0.133. The molecule has 0 spiro atoms. The molecule has 0 saturated carbocycles. The number of rotatable bonds is 5. The number of nitrogens with one attached hydrogen (secondary N) is 2. The number of nitrogens with zero attached hydrogens (tertiary/aromatic N) is 2. The zero-order valence-electron chi connectivity index (χ0n) is 13.3. The van der Waals surface area contributed by atoms with Crippen LogP contribution in [0, 0.1) is 17.0 Å². The number of fused-ring (bicyclic) bond motifs is 1. The first-order chi connectivity index (χ1) is 11.8. The number of thiazole rings is 1. The molecule has 0 aliphatic carbocycles. The smallest absolute Gasteiger partial charge is 0.294 e. The van der Waals surface area contributed by atoms with Gasteiger partial charge in [-0.25, -0.2) is 18.1 Å². The van der Waals surface area contributed by atoms with Crippen molar-refractivity contribution in [3.05, 3.63) is 51.5 Å². The second-order valence-corrected chi connectivity index (χ2v) is 8.31. The van der Waals surface area contributed by atoms with E-state index in [1.807, 2.05) is 19.1 Å². The first-order valence-electron chi connectivity index (χ1n) is 7.16. The summed E-state index contributed by atoms with van der Waals surface area (Å²) in [4.78, 5) is 14.9. The number of sulfonamides is 1. The van der Waals surface area contributed by atoms with E-state index in [0.29, 0.717) is 5.69 Å². The number of anilines is 2. The van der Waals surface area contributed by atoms with Gasteiger partial charge in [0.1, 0.15) is 5.69 Å². The fourth-order valence-electron chi connectivity index (χ4n) is 2.33. The van der Waals surface area contributed by atoms with Gasteiger partial charge in [-0.2, -0.15) is 0 Å². The average Bonchev–Trinajstić information content (AvgIpc) is 2.94. The highest BCUT2D eigenvalue weighted by Gasteiger charge is 2.20. The summed E-state index contributed by atoms with van der Waals surface area (Å²) in [6.07, 6.45) is 0. The summed E-state index contributed by atoms with van der Waals surface area (Å²) in [6.45, 7) is 1.91. The Morgan fingerprint density at radius 1 is 1.20 bits per heavy atom. The minimum absolute atomic E-state index is 0.166. The molecule has 2 N–H and O–H groups in total. The molecule has 3 rings (SSSR count). The maximum atomic E-state index is 11.8. The highest BCUT2D eigenvalue weighted by Crippen LogP contribution is 2.32. The summed E-state index contributed by atoms with van der Waals surface area (Å²) in [5, 5.41) is 15.2. The average molecular weight is 378 g/mol. The minimum Gasteiger partial charge on any atom is -0.350 e. The van der Waals surface area contributed by atoms with E-state index in [9.17, 15) is 18.5 Å². The van der Waals surface area contributed by atoms with Crippen molar-refractivity contribution in [3.8, 4) is 0 Å². The lowest BCUT2D eigenvalue weighted by Gasteiger charge is -2.09. The lowest BCUT2D eigenvalue weighted by molar-refractivity contribution is -0.384. The largest absolute Gasteiger partial charge is 0.350 e. The van der Waals surface area contributed by atoms with Crippen LogP contribution in [0.2, 0.25) is 0 Å². The third-order valence-corrected chi connectivity index (χ3v) is 5.86. The van der Waals surface area contributed by atoms with Crippen LogP contribution in [-0.4, -0.2) is 25.4 Å². The molecule has 0 bridgehead atoms. The molecule has 1 aromatic heterocycles. The standard InChI is InChI=1S/C15H14N4O4S2/c1-9-17-13-5-3-10(7-15(13)24-9)18-12-6-4-11(25(22,23)16-2)8-14(12)19(20)21/h3-8,16,18H,1-2H3. The number of aryl methyl sites for hydroxylation is 1. The van der Waals surface area contributed by atoms with Crippen molar-refractivity contribution in [2.45, 2.75) is 11.8 Å². The lowest BCUT2D eigenvalue weighted by Crippen LogP contribution is -2.18. The van der Waals surface area contributed by atoms with Crippen molar-refractivity contribution in [2.24, 2.45) is 0 Å². The molecular weight excluding hydrogens is 364 g/mol. The quantitative estimate of drug-likeness (QED) is 0.521. The number of aromatic nitrogens is 1. The number of hydrogen-bond acceptors (Lipinski definition) is 7. The van der Waals surface area contributed by atoms with Crippen molar-refractivity contribution in [3.63, 3.8) is 0 Å². The molecule has 1 heterocycles. The Labute approximate surface area is 147 Å². The third-order valence-electron chi connectivity index (χ3n) is 3.52. The molecule has 0 saturated heterocycles. The number of hydrogen-bond donors (Lipinski definition) is 2. The monoisotopic (exact) mass is 378 g/mol. The maximum Gasteiger partial charge on any atom is 0.294 e. The molecule has 3 aromatic rings. The van der Waals surface area contributed by atoms with Crippen LogP contribution in [0.3, 0.4) is 0 Å². The van der Waals surface area contributed by atoms with Crippen LogP contribution in [-0.2, 0) is 10.0 Å². The Bertz CT molecular complexity index is 1080. The summed E-state index contributed by atoms with van der Waals surface area (Å²) in [7, 11) is -2.51. The molecule has 0 amide bonds. The molecule has 0 aliphatic rings. The SMILES string of the molecule is CNS(=O)(=O)c1ccc(Nc2ccc3nc(C)sc3c2)c([N+](=O)[O-])c1. The van der Waals surface area contributed by atoms with Gasteiger partial charge in [-0.05, 0) is 44.3 Å². The van der Waals surface area contributed by atoms with Gasteiger partial charge in [0.05, 0.1) is 25.0 Å². The maximum absolute atomic E-state index is 11.8. The topological polar surface area (TPSA) is 114 Å². The van der Waals surface area contributed by atoms with E-state index in [-0.39, 0.29) is 16.3 Å². The van der Waals surface area contributed by atoms with Gasteiger partial charge in [0.2, 0.25) is 10.0 Å². The molecule has 0 fully saturated rings. The van der Waals surface area contributed by atoms with Crippen LogP contribution < -0.4 is 10.0 Å². The van der Waals surface area contributed by atoms with Crippen molar-refractivity contribution < 1.29 is 13.3 Å². The normalized spacial score (nSPS) is 11.6. The van der Waals surface area contributed by atoms with Gasteiger partial charge in [-0.15, -0.1) is 11.3 Å². The van der Waals surface area contributed by atoms with Crippen LogP contribution in [0.4, 0.5) is 17.1 Å². The molecule has 25 heavy (non-hydrogen) atoms. The second kappa shape index (κ2) is 6.39. The van der Waals surface area contributed by atoms with E-state index < -0.39 is 14.9 Å². The third kappa shape index (κ3) is 3.45. The molecule has 130 valence electrons. The second-order valence-electron chi connectivity index (χ2n) is 5.18. The lowest BCUT2D eigenvalue weighted by atomic mass is 10.2. The first-order valence-corrected chi connectivity index (χ1v) is 9.46. The van der Waals surface area contributed by atoms with E-state index in [4.69, 9.17) is 0 Å². The number of benzene rings is 2. The summed E-state index contributed by atoms with van der Waals surface area (Å²) in [6, 6.07) is 9.17. The molecule has 0 atom stereocenters. The molecular formula is C15H14N4O4S2. The van der Waals surface area contributed by atoms with Gasteiger partial charge in [0.15, 0.2) is 0 Å². The Balaban J connectivity index is 2.01. The molecule has 10 heteroatoms. The van der Waals surface area contributed by atoms with Crippen molar-refractivity contribution in [2.75, 3.05) is 12.4 Å². The van der Waals surface area contributed by atoms with E-state index >= 15 is 0 Å². The molecule has 2 aromatic carbocycles. The summed E-state index contributed by atoms with van der Waals surface area (Å²) in [5.41, 5.74) is 1.40. The van der Waals surface area contributed by atoms with Gasteiger partial charge < -0.3 is 5.32 Å². The van der Waals surface area contributed by atoms with Gasteiger partial charge in [-0.3, -0.25) is 10.1 Å². The van der Waals surface area contributed by atoms with Gasteiger partial charge in [0.25, 0.3) is 5.69 Å².